The number of aromatic nitrogens is 1. The number of carbonyl (C=O) groups excluding carboxylic acids is 1. The molecular weight excluding hydrogens is 559 g/mol. The predicted octanol–water partition coefficient (Wildman–Crippen LogP) is 7.44. The van der Waals surface area contributed by atoms with E-state index in [-0.39, 0.29) is 11.3 Å². The number of amides is 1. The molecule has 1 fully saturated rings. The number of aryl methyl sites for hydroxylation is 1. The van der Waals surface area contributed by atoms with Crippen LogP contribution in [-0.4, -0.2) is 34.5 Å². The molecule has 2 aromatic carbocycles. The SMILES string of the molecule is CC.Cc1cccn1-c1cc(C(C)(C)C)ccc1N(I)C1CCN(C(=O)c2ccc(C#N)cc2)CC1. The van der Waals surface area contributed by atoms with Crippen LogP contribution < -0.4 is 3.11 Å². The van der Waals surface area contributed by atoms with Crippen LogP contribution in [0, 0.1) is 18.3 Å². The molecule has 0 N–H and O–H groups in total. The third-order valence-corrected chi connectivity index (χ3v) is 7.92. The first kappa shape index (κ1) is 27.8. The van der Waals surface area contributed by atoms with E-state index in [0.717, 1.165) is 25.9 Å². The second kappa shape index (κ2) is 12.0. The van der Waals surface area contributed by atoms with Gasteiger partial charge in [0.25, 0.3) is 5.91 Å². The molecule has 36 heavy (non-hydrogen) atoms. The van der Waals surface area contributed by atoms with Crippen molar-refractivity contribution in [1.82, 2.24) is 9.47 Å². The van der Waals surface area contributed by atoms with Gasteiger partial charge in [-0.2, -0.15) is 5.26 Å². The van der Waals surface area contributed by atoms with Crippen molar-refractivity contribution in [2.24, 2.45) is 0 Å². The molecule has 0 aliphatic carbocycles. The number of halogens is 1. The van der Waals surface area contributed by atoms with Crippen LogP contribution in [0.5, 0.6) is 0 Å². The molecule has 0 spiro atoms. The van der Waals surface area contributed by atoms with E-state index in [4.69, 9.17) is 5.26 Å². The van der Waals surface area contributed by atoms with Gasteiger partial charge in [0.1, 0.15) is 0 Å². The van der Waals surface area contributed by atoms with Gasteiger partial charge in [-0.1, -0.05) is 40.7 Å². The lowest BCUT2D eigenvalue weighted by Gasteiger charge is -2.37. The van der Waals surface area contributed by atoms with Crippen LogP contribution >= 0.6 is 22.9 Å². The highest BCUT2D eigenvalue weighted by atomic mass is 127. The van der Waals surface area contributed by atoms with Crippen molar-refractivity contribution in [3.05, 3.63) is 83.2 Å². The molecule has 0 saturated carbocycles. The monoisotopic (exact) mass is 596 g/mol. The van der Waals surface area contributed by atoms with Gasteiger partial charge in [-0.25, -0.2) is 0 Å². The summed E-state index contributed by atoms with van der Waals surface area (Å²) in [5, 5.41) is 8.99. The molecule has 0 unspecified atom stereocenters. The van der Waals surface area contributed by atoms with Crippen LogP contribution in [-0.2, 0) is 5.41 Å². The van der Waals surface area contributed by atoms with Crippen molar-refractivity contribution >= 4 is 34.5 Å². The third-order valence-electron chi connectivity index (χ3n) is 6.62. The van der Waals surface area contributed by atoms with Crippen molar-refractivity contribution < 1.29 is 4.79 Å². The van der Waals surface area contributed by atoms with Crippen molar-refractivity contribution in [1.29, 1.82) is 5.26 Å². The Labute approximate surface area is 230 Å². The first-order valence-electron chi connectivity index (χ1n) is 12.7. The molecule has 3 aromatic rings. The second-order valence-electron chi connectivity index (χ2n) is 10.00. The number of nitriles is 1. The average Bonchev–Trinajstić information content (AvgIpc) is 3.34. The topological polar surface area (TPSA) is 52.3 Å². The molecule has 1 aliphatic heterocycles. The largest absolute Gasteiger partial charge is 0.338 e. The van der Waals surface area contributed by atoms with Gasteiger partial charge in [-0.05, 0) is 79.3 Å². The van der Waals surface area contributed by atoms with Crippen molar-refractivity contribution in [2.45, 2.75) is 65.8 Å². The van der Waals surface area contributed by atoms with Crippen LogP contribution in [0.15, 0.2) is 60.8 Å². The summed E-state index contributed by atoms with van der Waals surface area (Å²) in [5.74, 6) is 0.0427. The lowest BCUT2D eigenvalue weighted by molar-refractivity contribution is 0.0716. The minimum atomic E-state index is 0.0427. The maximum Gasteiger partial charge on any atom is 0.253 e. The smallest absolute Gasteiger partial charge is 0.253 e. The van der Waals surface area contributed by atoms with Crippen molar-refractivity contribution in [3.63, 3.8) is 0 Å². The zero-order valence-corrected chi connectivity index (χ0v) is 24.4. The van der Waals surface area contributed by atoms with Crippen LogP contribution in [0.4, 0.5) is 5.69 Å². The van der Waals surface area contributed by atoms with Gasteiger partial charge < -0.3 is 12.6 Å². The van der Waals surface area contributed by atoms with Crippen LogP contribution in [0.2, 0.25) is 0 Å². The van der Waals surface area contributed by atoms with E-state index in [9.17, 15) is 4.79 Å². The molecule has 1 amide bonds. The summed E-state index contributed by atoms with van der Waals surface area (Å²) in [6.45, 7) is 14.3. The van der Waals surface area contributed by atoms with E-state index < -0.39 is 0 Å². The molecule has 5 nitrogen and oxygen atoms in total. The molecule has 0 bridgehead atoms. The Morgan fingerprint density at radius 1 is 1.06 bits per heavy atom. The Morgan fingerprint density at radius 3 is 2.22 bits per heavy atom. The number of nitrogens with zero attached hydrogens (tertiary/aromatic N) is 4. The maximum atomic E-state index is 12.9. The Hall–Kier alpha value is -2.79. The number of benzene rings is 2. The fraction of sp³-hybridized carbons (Fsp3) is 0.400. The van der Waals surface area contributed by atoms with E-state index in [2.05, 4.69) is 101 Å². The number of rotatable bonds is 4. The summed E-state index contributed by atoms with van der Waals surface area (Å²) in [5.41, 5.74) is 6.20. The van der Waals surface area contributed by atoms with E-state index in [0.29, 0.717) is 17.2 Å². The molecule has 1 aromatic heterocycles. The molecular formula is C30H37IN4O. The average molecular weight is 597 g/mol. The Morgan fingerprint density at radius 2 is 1.69 bits per heavy atom. The van der Waals surface area contributed by atoms with E-state index in [1.165, 1.54) is 22.6 Å². The van der Waals surface area contributed by atoms with Gasteiger partial charge in [0, 0.05) is 36.6 Å². The number of anilines is 1. The Bertz CT molecular complexity index is 1210. The standard InChI is InChI=1S/C28H31IN4O.C2H6/c1-20-6-5-15-32(20)26-18-23(28(2,3)4)11-12-25(26)33(29)24-13-16-31(17-14-24)27(34)22-9-7-21(19-30)8-10-22;1-2/h5-12,15,18,24H,13-14,16-17H2,1-4H3;1-2H3. The number of carbonyl (C=O) groups is 1. The first-order chi connectivity index (χ1) is 17.2. The molecule has 4 rings (SSSR count). The fourth-order valence-corrected chi connectivity index (χ4v) is 5.43. The zero-order chi connectivity index (χ0) is 26.5. The minimum absolute atomic E-state index is 0.0427. The Balaban J connectivity index is 0.00000176. The quantitative estimate of drug-likeness (QED) is 0.232. The Kier molecular flexibility index (Phi) is 9.24. The molecule has 0 atom stereocenters. The highest BCUT2D eigenvalue weighted by molar-refractivity contribution is 14.1. The number of hydrogen-bond donors (Lipinski definition) is 0. The van der Waals surface area contributed by atoms with Gasteiger partial charge in [0.2, 0.25) is 0 Å². The highest BCUT2D eigenvalue weighted by Crippen LogP contribution is 2.36. The van der Waals surface area contributed by atoms with Gasteiger partial charge in [-0.15, -0.1) is 0 Å². The molecule has 6 heteroatoms. The zero-order valence-electron chi connectivity index (χ0n) is 22.3. The minimum Gasteiger partial charge on any atom is -0.338 e. The summed E-state index contributed by atoms with van der Waals surface area (Å²) in [7, 11) is 0. The number of piperidine rings is 1. The molecule has 0 radical (unpaired) electrons. The van der Waals surface area contributed by atoms with Crippen molar-refractivity contribution in [3.8, 4) is 11.8 Å². The molecule has 1 saturated heterocycles. The fourth-order valence-electron chi connectivity index (χ4n) is 4.46. The van der Waals surface area contributed by atoms with Gasteiger partial charge in [-0.3, -0.25) is 4.79 Å². The summed E-state index contributed by atoms with van der Waals surface area (Å²) in [6.07, 6.45) is 3.95. The first-order valence-corrected chi connectivity index (χ1v) is 13.7. The van der Waals surface area contributed by atoms with E-state index in [1.54, 1.807) is 24.3 Å². The number of likely N-dealkylation sites (tertiary alicyclic amines) is 1. The van der Waals surface area contributed by atoms with Gasteiger partial charge in [0.05, 0.1) is 45.9 Å². The molecule has 1 aliphatic rings. The predicted molar refractivity (Wildman–Crippen MR) is 157 cm³/mol. The molecule has 2 heterocycles. The lowest BCUT2D eigenvalue weighted by Crippen LogP contribution is -2.44. The molecule has 190 valence electrons. The summed E-state index contributed by atoms with van der Waals surface area (Å²) in [6, 6.07) is 20.4. The third kappa shape index (κ3) is 6.12. The lowest BCUT2D eigenvalue weighted by atomic mass is 9.86. The normalized spacial score (nSPS) is 14.0. The van der Waals surface area contributed by atoms with E-state index >= 15 is 0 Å². The maximum absolute atomic E-state index is 12.9. The summed E-state index contributed by atoms with van der Waals surface area (Å²) < 4.78 is 4.63. The summed E-state index contributed by atoms with van der Waals surface area (Å²) >= 11 is 2.45. The number of hydrogen-bond acceptors (Lipinski definition) is 3. The van der Waals surface area contributed by atoms with Crippen LogP contribution in [0.3, 0.4) is 0 Å². The van der Waals surface area contributed by atoms with E-state index in [1.807, 2.05) is 18.7 Å². The summed E-state index contributed by atoms with van der Waals surface area (Å²) in [4.78, 5) is 14.9. The van der Waals surface area contributed by atoms with Crippen molar-refractivity contribution in [2.75, 3.05) is 16.2 Å². The van der Waals surface area contributed by atoms with Crippen LogP contribution in [0.25, 0.3) is 5.69 Å². The van der Waals surface area contributed by atoms with Crippen LogP contribution in [0.1, 0.15) is 74.6 Å². The second-order valence-corrected chi connectivity index (χ2v) is 11.0. The highest BCUT2D eigenvalue weighted by Gasteiger charge is 2.29. The van der Waals surface area contributed by atoms with Gasteiger partial charge >= 0.3 is 0 Å². The van der Waals surface area contributed by atoms with Gasteiger partial charge in [0.15, 0.2) is 0 Å².